The van der Waals surface area contributed by atoms with E-state index in [1.807, 2.05) is 48.5 Å². The minimum absolute atomic E-state index is 0.0330. The standard InChI is InChI=1S/C30H27ClO6/c31-22-7-4-8-24(15-22)35-18-23(32)13-14-25-26-16-29(33)36-28(26)17-27(25)37-30(34)21-11-9-20(10-12-21)19-5-2-1-3-6-19/h1-15,23,25-28,32H,16-18H2/t23-,25-,26-,27-,28+/m1/s1. The zero-order valence-corrected chi connectivity index (χ0v) is 20.8. The van der Waals surface area contributed by atoms with Gasteiger partial charge in [-0.2, -0.15) is 0 Å². The Morgan fingerprint density at radius 3 is 2.57 bits per heavy atom. The van der Waals surface area contributed by atoms with Crippen molar-refractivity contribution >= 4 is 23.5 Å². The highest BCUT2D eigenvalue weighted by Crippen LogP contribution is 2.43. The van der Waals surface area contributed by atoms with Gasteiger partial charge < -0.3 is 19.3 Å². The highest BCUT2D eigenvalue weighted by atomic mass is 35.5. The van der Waals surface area contributed by atoms with Crippen LogP contribution < -0.4 is 4.74 Å². The van der Waals surface area contributed by atoms with Gasteiger partial charge >= 0.3 is 11.9 Å². The van der Waals surface area contributed by atoms with E-state index in [9.17, 15) is 14.7 Å². The predicted octanol–water partition coefficient (Wildman–Crippen LogP) is 5.48. The van der Waals surface area contributed by atoms with E-state index in [1.54, 1.807) is 42.5 Å². The van der Waals surface area contributed by atoms with Crippen molar-refractivity contribution in [2.75, 3.05) is 6.61 Å². The van der Waals surface area contributed by atoms with Gasteiger partial charge in [-0.05, 0) is 41.5 Å². The van der Waals surface area contributed by atoms with Gasteiger partial charge in [0, 0.05) is 23.3 Å². The van der Waals surface area contributed by atoms with Crippen LogP contribution in [-0.4, -0.2) is 42.0 Å². The summed E-state index contributed by atoms with van der Waals surface area (Å²) >= 11 is 5.97. The Balaban J connectivity index is 1.24. The number of hydrogen-bond donors (Lipinski definition) is 1. The maximum atomic E-state index is 13.0. The molecule has 190 valence electrons. The lowest BCUT2D eigenvalue weighted by Crippen LogP contribution is -2.25. The van der Waals surface area contributed by atoms with E-state index >= 15 is 0 Å². The van der Waals surface area contributed by atoms with Crippen LogP contribution in [0.1, 0.15) is 23.2 Å². The molecular weight excluding hydrogens is 492 g/mol. The zero-order chi connectivity index (χ0) is 25.8. The number of hydrogen-bond acceptors (Lipinski definition) is 6. The van der Waals surface area contributed by atoms with Crippen molar-refractivity contribution in [1.82, 2.24) is 0 Å². The second-order valence-corrected chi connectivity index (χ2v) is 9.75. The summed E-state index contributed by atoms with van der Waals surface area (Å²) in [6.07, 6.45) is 2.45. The van der Waals surface area contributed by atoms with Gasteiger partial charge in [-0.1, -0.05) is 72.3 Å². The summed E-state index contributed by atoms with van der Waals surface area (Å²) in [5.74, 6) is -0.493. The van der Waals surface area contributed by atoms with Crippen LogP contribution in [0.4, 0.5) is 0 Å². The number of rotatable bonds is 8. The van der Waals surface area contributed by atoms with Crippen LogP contribution in [0.15, 0.2) is 91.0 Å². The van der Waals surface area contributed by atoms with Crippen molar-refractivity contribution in [1.29, 1.82) is 0 Å². The van der Waals surface area contributed by atoms with Gasteiger partial charge in [-0.3, -0.25) is 4.79 Å². The molecule has 3 aromatic rings. The number of aliphatic hydroxyl groups is 1. The third kappa shape index (κ3) is 6.04. The molecule has 2 aliphatic rings. The molecule has 1 aliphatic heterocycles. The fraction of sp³-hybridized carbons (Fsp3) is 0.267. The maximum absolute atomic E-state index is 13.0. The van der Waals surface area contributed by atoms with Crippen molar-refractivity contribution in [2.24, 2.45) is 11.8 Å². The largest absolute Gasteiger partial charge is 0.491 e. The molecule has 0 unspecified atom stereocenters. The van der Waals surface area contributed by atoms with Gasteiger partial charge in [-0.15, -0.1) is 0 Å². The van der Waals surface area contributed by atoms with Gasteiger partial charge in [0.2, 0.25) is 0 Å². The molecule has 1 saturated carbocycles. The van der Waals surface area contributed by atoms with E-state index < -0.39 is 18.2 Å². The van der Waals surface area contributed by atoms with Crippen LogP contribution in [0.5, 0.6) is 5.75 Å². The summed E-state index contributed by atoms with van der Waals surface area (Å²) in [5, 5.41) is 11.0. The monoisotopic (exact) mass is 518 g/mol. The molecule has 1 N–H and O–H groups in total. The normalized spacial score (nSPS) is 23.5. The van der Waals surface area contributed by atoms with E-state index in [4.69, 9.17) is 25.8 Å². The first-order valence-corrected chi connectivity index (χ1v) is 12.6. The van der Waals surface area contributed by atoms with Crippen molar-refractivity contribution < 1.29 is 28.9 Å². The van der Waals surface area contributed by atoms with Crippen LogP contribution in [-0.2, 0) is 14.3 Å². The summed E-state index contributed by atoms with van der Waals surface area (Å²) in [6.45, 7) is 0.0330. The minimum Gasteiger partial charge on any atom is -0.491 e. The molecule has 6 nitrogen and oxygen atoms in total. The summed E-state index contributed by atoms with van der Waals surface area (Å²) in [7, 11) is 0. The second kappa shape index (κ2) is 11.2. The van der Waals surface area contributed by atoms with E-state index in [2.05, 4.69) is 0 Å². The molecule has 0 amide bonds. The van der Waals surface area contributed by atoms with Crippen LogP contribution >= 0.6 is 11.6 Å². The molecule has 1 aliphatic carbocycles. The molecule has 0 bridgehead atoms. The molecule has 5 atom stereocenters. The van der Waals surface area contributed by atoms with Crippen LogP contribution in [0, 0.1) is 11.8 Å². The smallest absolute Gasteiger partial charge is 0.338 e. The Kier molecular flexibility index (Phi) is 7.58. The SMILES string of the molecule is O=C1C[C@@H]2[C@@H](C=C[C@@H](O)COc3cccc(Cl)c3)[C@H](OC(=O)c3ccc(-c4ccccc4)cc3)C[C@@H]2O1. The highest BCUT2D eigenvalue weighted by Gasteiger charge is 2.50. The summed E-state index contributed by atoms with van der Waals surface area (Å²) in [5.41, 5.74) is 2.52. The maximum Gasteiger partial charge on any atom is 0.338 e. The molecule has 1 saturated heterocycles. The number of fused-ring (bicyclic) bond motifs is 1. The number of esters is 2. The highest BCUT2D eigenvalue weighted by molar-refractivity contribution is 6.30. The topological polar surface area (TPSA) is 82.1 Å². The molecule has 2 fully saturated rings. The molecule has 1 heterocycles. The first-order chi connectivity index (χ1) is 18.0. The molecule has 37 heavy (non-hydrogen) atoms. The number of halogens is 1. The Labute approximate surface area is 220 Å². The first kappa shape index (κ1) is 25.1. The number of aliphatic hydroxyl groups excluding tert-OH is 1. The Hall–Kier alpha value is -3.61. The van der Waals surface area contributed by atoms with Crippen molar-refractivity contribution in [3.8, 4) is 16.9 Å². The molecule has 0 spiro atoms. The van der Waals surface area contributed by atoms with E-state index in [1.165, 1.54) is 0 Å². The van der Waals surface area contributed by atoms with Crippen LogP contribution in [0.2, 0.25) is 5.02 Å². The molecule has 7 heteroatoms. The van der Waals surface area contributed by atoms with E-state index in [0.717, 1.165) is 11.1 Å². The van der Waals surface area contributed by atoms with Crippen LogP contribution in [0.3, 0.4) is 0 Å². The van der Waals surface area contributed by atoms with Gasteiger partial charge in [0.1, 0.15) is 30.7 Å². The van der Waals surface area contributed by atoms with Crippen molar-refractivity contribution in [3.63, 3.8) is 0 Å². The Morgan fingerprint density at radius 1 is 1.05 bits per heavy atom. The summed E-state index contributed by atoms with van der Waals surface area (Å²) in [6, 6.07) is 24.1. The van der Waals surface area contributed by atoms with Crippen molar-refractivity contribution in [2.45, 2.75) is 31.2 Å². The van der Waals surface area contributed by atoms with Gasteiger partial charge in [0.05, 0.1) is 12.0 Å². The summed E-state index contributed by atoms with van der Waals surface area (Å²) < 4.78 is 17.0. The van der Waals surface area contributed by atoms with Crippen LogP contribution in [0.25, 0.3) is 11.1 Å². The number of benzene rings is 3. The lowest BCUT2D eigenvalue weighted by Gasteiger charge is -2.20. The number of carbonyl (C=O) groups excluding carboxylic acids is 2. The molecule has 5 rings (SSSR count). The average Bonchev–Trinajstić information content (AvgIpc) is 3.42. The molecule has 3 aromatic carbocycles. The predicted molar refractivity (Wildman–Crippen MR) is 139 cm³/mol. The molecule has 0 aromatic heterocycles. The summed E-state index contributed by atoms with van der Waals surface area (Å²) in [4.78, 5) is 24.9. The minimum atomic E-state index is -0.891. The molecule has 0 radical (unpaired) electrons. The first-order valence-electron chi connectivity index (χ1n) is 12.3. The van der Waals surface area contributed by atoms with Gasteiger partial charge in [0.15, 0.2) is 0 Å². The molecular formula is C30H27ClO6. The fourth-order valence-corrected chi connectivity index (χ4v) is 5.16. The third-order valence-corrected chi connectivity index (χ3v) is 7.04. The van der Waals surface area contributed by atoms with E-state index in [0.29, 0.717) is 22.8 Å². The number of ether oxygens (including phenoxy) is 3. The number of carbonyl (C=O) groups is 2. The quantitative estimate of drug-likeness (QED) is 0.314. The fourth-order valence-electron chi connectivity index (χ4n) is 4.98. The van der Waals surface area contributed by atoms with Gasteiger partial charge in [0.25, 0.3) is 0 Å². The second-order valence-electron chi connectivity index (χ2n) is 9.32. The Bertz CT molecular complexity index is 1270. The Morgan fingerprint density at radius 2 is 1.81 bits per heavy atom. The lowest BCUT2D eigenvalue weighted by molar-refractivity contribution is -0.141. The van der Waals surface area contributed by atoms with Crippen molar-refractivity contribution in [3.05, 3.63) is 102 Å². The van der Waals surface area contributed by atoms with E-state index in [-0.39, 0.29) is 36.9 Å². The third-order valence-electron chi connectivity index (χ3n) is 6.81. The average molecular weight is 519 g/mol. The lowest BCUT2D eigenvalue weighted by atomic mass is 9.91. The zero-order valence-electron chi connectivity index (χ0n) is 20.0. The van der Waals surface area contributed by atoms with Gasteiger partial charge in [-0.25, -0.2) is 4.79 Å².